The van der Waals surface area contributed by atoms with Gasteiger partial charge in [0.05, 0.1) is 11.0 Å². The van der Waals surface area contributed by atoms with Gasteiger partial charge in [0.1, 0.15) is 6.04 Å². The van der Waals surface area contributed by atoms with Crippen LogP contribution in [-0.2, 0) is 4.79 Å². The summed E-state index contributed by atoms with van der Waals surface area (Å²) in [6, 6.07) is 5.09. The highest BCUT2D eigenvalue weighted by Crippen LogP contribution is 2.22. The Morgan fingerprint density at radius 2 is 2.15 bits per heavy atom. The van der Waals surface area contributed by atoms with E-state index in [9.17, 15) is 4.79 Å². The number of H-pyrrole nitrogens is 1. The number of benzene rings is 1. The molecular formula is C14H18ClN3OS. The lowest BCUT2D eigenvalue weighted by molar-refractivity contribution is -0.123. The maximum absolute atomic E-state index is 12.2. The number of amides is 1. The van der Waals surface area contributed by atoms with Crippen molar-refractivity contribution in [1.29, 1.82) is 0 Å². The third kappa shape index (κ3) is 3.04. The van der Waals surface area contributed by atoms with Gasteiger partial charge in [-0.05, 0) is 43.3 Å². The van der Waals surface area contributed by atoms with Gasteiger partial charge in [0.15, 0.2) is 4.77 Å². The highest BCUT2D eigenvalue weighted by molar-refractivity contribution is 7.71. The van der Waals surface area contributed by atoms with Gasteiger partial charge < -0.3 is 14.9 Å². The van der Waals surface area contributed by atoms with Crippen LogP contribution in [0.1, 0.15) is 26.8 Å². The Balaban J connectivity index is 2.36. The zero-order chi connectivity index (χ0) is 14.9. The molecule has 1 aromatic carbocycles. The van der Waals surface area contributed by atoms with Crippen molar-refractivity contribution in [2.75, 3.05) is 6.54 Å². The molecule has 2 rings (SSSR count). The molecule has 1 aromatic heterocycles. The van der Waals surface area contributed by atoms with Gasteiger partial charge in [-0.15, -0.1) is 0 Å². The second kappa shape index (κ2) is 5.97. The first-order valence-electron chi connectivity index (χ1n) is 6.57. The second-order valence-corrected chi connectivity index (χ2v) is 6.10. The number of carbonyl (C=O) groups excluding carboxylic acids is 1. The van der Waals surface area contributed by atoms with E-state index in [1.807, 2.05) is 19.1 Å². The highest BCUT2D eigenvalue weighted by atomic mass is 35.5. The molecule has 0 saturated carbocycles. The van der Waals surface area contributed by atoms with Gasteiger partial charge in [0.2, 0.25) is 5.91 Å². The molecule has 0 radical (unpaired) electrons. The number of imidazole rings is 1. The second-order valence-electron chi connectivity index (χ2n) is 5.28. The quantitative estimate of drug-likeness (QED) is 0.846. The number of rotatable bonds is 4. The molecule has 1 heterocycles. The molecule has 6 heteroatoms. The number of aromatic amines is 1. The Hall–Kier alpha value is -1.33. The van der Waals surface area contributed by atoms with Crippen LogP contribution in [0.3, 0.4) is 0 Å². The lowest BCUT2D eigenvalue weighted by Crippen LogP contribution is -2.33. The largest absolute Gasteiger partial charge is 0.354 e. The smallest absolute Gasteiger partial charge is 0.242 e. The van der Waals surface area contributed by atoms with Crippen LogP contribution in [0.4, 0.5) is 0 Å². The van der Waals surface area contributed by atoms with E-state index in [0.29, 0.717) is 22.3 Å². The summed E-state index contributed by atoms with van der Waals surface area (Å²) in [5.74, 6) is 0.368. The zero-order valence-corrected chi connectivity index (χ0v) is 13.3. The first-order chi connectivity index (χ1) is 9.40. The molecule has 1 amide bonds. The first kappa shape index (κ1) is 15.1. The fourth-order valence-electron chi connectivity index (χ4n) is 2.05. The Morgan fingerprint density at radius 1 is 1.45 bits per heavy atom. The summed E-state index contributed by atoms with van der Waals surface area (Å²) in [5, 5.41) is 3.54. The van der Waals surface area contributed by atoms with E-state index < -0.39 is 0 Å². The predicted molar refractivity (Wildman–Crippen MR) is 84.7 cm³/mol. The van der Waals surface area contributed by atoms with Crippen LogP contribution in [-0.4, -0.2) is 22.0 Å². The van der Waals surface area contributed by atoms with Crippen molar-refractivity contribution in [3.63, 3.8) is 0 Å². The van der Waals surface area contributed by atoms with E-state index in [-0.39, 0.29) is 11.9 Å². The summed E-state index contributed by atoms with van der Waals surface area (Å²) in [6.45, 7) is 6.60. The van der Waals surface area contributed by atoms with E-state index in [1.165, 1.54) is 0 Å². The fourth-order valence-corrected chi connectivity index (χ4v) is 2.58. The minimum atomic E-state index is -0.381. The summed E-state index contributed by atoms with van der Waals surface area (Å²) in [4.78, 5) is 15.3. The van der Waals surface area contributed by atoms with Crippen LogP contribution in [0.2, 0.25) is 5.02 Å². The number of hydrogen-bond donors (Lipinski definition) is 2. The van der Waals surface area contributed by atoms with Crippen molar-refractivity contribution in [3.8, 4) is 0 Å². The standard InChI is InChI=1S/C14H18ClN3OS/c1-8(2)7-16-13(19)9(3)18-12-6-10(15)4-5-11(12)17-14(18)20/h4-6,8-9H,7H2,1-3H3,(H,16,19)(H,17,20). The molecule has 0 aliphatic heterocycles. The molecule has 0 aliphatic carbocycles. The van der Waals surface area contributed by atoms with Gasteiger partial charge in [-0.2, -0.15) is 0 Å². The van der Waals surface area contributed by atoms with Crippen LogP contribution in [0.25, 0.3) is 11.0 Å². The fraction of sp³-hybridized carbons (Fsp3) is 0.429. The highest BCUT2D eigenvalue weighted by Gasteiger charge is 2.18. The van der Waals surface area contributed by atoms with Crippen molar-refractivity contribution in [2.45, 2.75) is 26.8 Å². The molecular weight excluding hydrogens is 294 g/mol. The summed E-state index contributed by atoms with van der Waals surface area (Å²) >= 11 is 11.3. The molecule has 0 aliphatic rings. The molecule has 4 nitrogen and oxygen atoms in total. The number of carbonyl (C=O) groups is 1. The Morgan fingerprint density at radius 3 is 2.80 bits per heavy atom. The van der Waals surface area contributed by atoms with Crippen LogP contribution < -0.4 is 5.32 Å². The number of hydrogen-bond acceptors (Lipinski definition) is 2. The monoisotopic (exact) mass is 311 g/mol. The maximum Gasteiger partial charge on any atom is 0.242 e. The molecule has 108 valence electrons. The first-order valence-corrected chi connectivity index (χ1v) is 7.36. The average Bonchev–Trinajstić information content (AvgIpc) is 2.70. The number of fused-ring (bicyclic) bond motifs is 1. The molecule has 2 aromatic rings. The van der Waals surface area contributed by atoms with Crippen molar-refractivity contribution >= 4 is 40.8 Å². The molecule has 0 saturated heterocycles. The van der Waals surface area contributed by atoms with E-state index in [1.54, 1.807) is 10.6 Å². The van der Waals surface area contributed by atoms with Gasteiger partial charge in [0, 0.05) is 11.6 Å². The van der Waals surface area contributed by atoms with Gasteiger partial charge in [0.25, 0.3) is 0 Å². The van der Waals surface area contributed by atoms with E-state index in [0.717, 1.165) is 11.0 Å². The van der Waals surface area contributed by atoms with Gasteiger partial charge in [-0.3, -0.25) is 4.79 Å². The molecule has 2 N–H and O–H groups in total. The van der Waals surface area contributed by atoms with Crippen LogP contribution in [0, 0.1) is 10.7 Å². The normalized spacial score (nSPS) is 12.8. The van der Waals surface area contributed by atoms with Crippen LogP contribution >= 0.6 is 23.8 Å². The minimum absolute atomic E-state index is 0.0457. The SMILES string of the molecule is CC(C)CNC(=O)C(C)n1c(=S)[nH]c2ccc(Cl)cc21. The maximum atomic E-state index is 12.2. The molecule has 0 fully saturated rings. The number of halogens is 1. The molecule has 0 bridgehead atoms. The third-order valence-corrected chi connectivity index (χ3v) is 3.66. The van der Waals surface area contributed by atoms with Crippen LogP contribution in [0.5, 0.6) is 0 Å². The number of nitrogens with zero attached hydrogens (tertiary/aromatic N) is 1. The van der Waals surface area contributed by atoms with Crippen LogP contribution in [0.15, 0.2) is 18.2 Å². The van der Waals surface area contributed by atoms with Crippen molar-refractivity contribution in [1.82, 2.24) is 14.9 Å². The molecule has 0 spiro atoms. The topological polar surface area (TPSA) is 49.8 Å². The zero-order valence-electron chi connectivity index (χ0n) is 11.7. The van der Waals surface area contributed by atoms with Gasteiger partial charge in [-0.1, -0.05) is 25.4 Å². The molecule has 1 unspecified atom stereocenters. The molecule has 20 heavy (non-hydrogen) atoms. The lowest BCUT2D eigenvalue weighted by Gasteiger charge is -2.16. The Bertz CT molecular complexity index is 689. The van der Waals surface area contributed by atoms with Crippen molar-refractivity contribution < 1.29 is 4.79 Å². The average molecular weight is 312 g/mol. The van der Waals surface area contributed by atoms with Gasteiger partial charge >= 0.3 is 0 Å². The van der Waals surface area contributed by atoms with E-state index >= 15 is 0 Å². The summed E-state index contributed by atoms with van der Waals surface area (Å²) in [5.41, 5.74) is 1.72. The lowest BCUT2D eigenvalue weighted by atomic mass is 10.2. The van der Waals surface area contributed by atoms with Gasteiger partial charge in [-0.25, -0.2) is 0 Å². The summed E-state index contributed by atoms with van der Waals surface area (Å²) < 4.78 is 2.32. The number of nitrogens with one attached hydrogen (secondary N) is 2. The minimum Gasteiger partial charge on any atom is -0.354 e. The predicted octanol–water partition coefficient (Wildman–Crippen LogP) is 3.69. The van der Waals surface area contributed by atoms with Crippen molar-refractivity contribution in [2.24, 2.45) is 5.92 Å². The Labute approximate surface area is 128 Å². The number of aromatic nitrogens is 2. The van der Waals surface area contributed by atoms with E-state index in [2.05, 4.69) is 24.1 Å². The Kier molecular flexibility index (Phi) is 4.50. The third-order valence-electron chi connectivity index (χ3n) is 3.13. The van der Waals surface area contributed by atoms with Crippen molar-refractivity contribution in [3.05, 3.63) is 28.0 Å². The summed E-state index contributed by atoms with van der Waals surface area (Å²) in [6.07, 6.45) is 0. The van der Waals surface area contributed by atoms with E-state index in [4.69, 9.17) is 23.8 Å². The molecule has 1 atom stereocenters. The summed E-state index contributed by atoms with van der Waals surface area (Å²) in [7, 11) is 0.